The number of amides is 1. The standard InChI is InChI=1S/C15H25N3O/c1-5-18(4)11-10-17-14(19)15(2,3)12-6-8-13(16)9-7-12/h6-9H,5,10-11,16H2,1-4H3,(H,17,19). The van der Waals surface area contributed by atoms with Gasteiger partial charge in [-0.2, -0.15) is 0 Å². The zero-order valence-corrected chi connectivity index (χ0v) is 12.4. The van der Waals surface area contributed by atoms with Crippen molar-refractivity contribution >= 4 is 11.6 Å². The van der Waals surface area contributed by atoms with Crippen LogP contribution in [0.15, 0.2) is 24.3 Å². The Morgan fingerprint density at radius 1 is 1.32 bits per heavy atom. The molecule has 0 aliphatic heterocycles. The number of anilines is 1. The maximum Gasteiger partial charge on any atom is 0.230 e. The van der Waals surface area contributed by atoms with Crippen LogP contribution in [0.25, 0.3) is 0 Å². The lowest BCUT2D eigenvalue weighted by Crippen LogP contribution is -2.42. The summed E-state index contributed by atoms with van der Waals surface area (Å²) in [5, 5.41) is 2.99. The molecule has 0 radical (unpaired) electrons. The topological polar surface area (TPSA) is 58.4 Å². The molecule has 0 aliphatic carbocycles. The van der Waals surface area contributed by atoms with Gasteiger partial charge >= 0.3 is 0 Å². The van der Waals surface area contributed by atoms with Crippen LogP contribution in [0.5, 0.6) is 0 Å². The molecule has 0 aromatic heterocycles. The van der Waals surface area contributed by atoms with E-state index < -0.39 is 5.41 Å². The molecule has 1 aromatic carbocycles. The van der Waals surface area contributed by atoms with Crippen LogP contribution in [0.2, 0.25) is 0 Å². The molecule has 0 bridgehead atoms. The van der Waals surface area contributed by atoms with Crippen molar-refractivity contribution in [3.63, 3.8) is 0 Å². The van der Waals surface area contributed by atoms with E-state index in [0.717, 1.165) is 18.7 Å². The van der Waals surface area contributed by atoms with Gasteiger partial charge in [0.25, 0.3) is 0 Å². The minimum Gasteiger partial charge on any atom is -0.399 e. The van der Waals surface area contributed by atoms with Gasteiger partial charge in [0.1, 0.15) is 0 Å². The van der Waals surface area contributed by atoms with Crippen molar-refractivity contribution in [1.29, 1.82) is 0 Å². The second kappa shape index (κ2) is 6.57. The highest BCUT2D eigenvalue weighted by Gasteiger charge is 2.29. The number of nitrogens with one attached hydrogen (secondary N) is 1. The van der Waals surface area contributed by atoms with Crippen LogP contribution in [0.3, 0.4) is 0 Å². The average molecular weight is 263 g/mol. The van der Waals surface area contributed by atoms with Crippen LogP contribution < -0.4 is 11.1 Å². The van der Waals surface area contributed by atoms with Gasteiger partial charge in [0.15, 0.2) is 0 Å². The van der Waals surface area contributed by atoms with Crippen molar-refractivity contribution in [3.8, 4) is 0 Å². The molecule has 3 N–H and O–H groups in total. The first kappa shape index (κ1) is 15.5. The van der Waals surface area contributed by atoms with Gasteiger partial charge in [-0.15, -0.1) is 0 Å². The van der Waals surface area contributed by atoms with Crippen molar-refractivity contribution < 1.29 is 4.79 Å². The number of hydrogen-bond donors (Lipinski definition) is 2. The fourth-order valence-corrected chi connectivity index (χ4v) is 1.77. The predicted molar refractivity (Wildman–Crippen MR) is 80.1 cm³/mol. The Balaban J connectivity index is 2.61. The fraction of sp³-hybridized carbons (Fsp3) is 0.533. The maximum atomic E-state index is 12.3. The number of benzene rings is 1. The van der Waals surface area contributed by atoms with Crippen LogP contribution >= 0.6 is 0 Å². The van der Waals surface area contributed by atoms with E-state index >= 15 is 0 Å². The van der Waals surface area contributed by atoms with E-state index in [1.807, 2.05) is 45.2 Å². The van der Waals surface area contributed by atoms with Crippen LogP contribution in [-0.2, 0) is 10.2 Å². The van der Waals surface area contributed by atoms with Crippen molar-refractivity contribution in [2.75, 3.05) is 32.4 Å². The third-order valence-electron chi connectivity index (χ3n) is 3.52. The van der Waals surface area contributed by atoms with Crippen LogP contribution in [-0.4, -0.2) is 37.5 Å². The van der Waals surface area contributed by atoms with E-state index in [-0.39, 0.29) is 5.91 Å². The number of nitrogens with zero attached hydrogens (tertiary/aromatic N) is 1. The Morgan fingerprint density at radius 3 is 2.42 bits per heavy atom. The molecule has 0 saturated heterocycles. The first-order valence-electron chi connectivity index (χ1n) is 6.70. The highest BCUT2D eigenvalue weighted by atomic mass is 16.2. The normalized spacial score (nSPS) is 11.6. The summed E-state index contributed by atoms with van der Waals surface area (Å²) >= 11 is 0. The fourth-order valence-electron chi connectivity index (χ4n) is 1.77. The summed E-state index contributed by atoms with van der Waals surface area (Å²) in [6, 6.07) is 7.48. The second-order valence-corrected chi connectivity index (χ2v) is 5.40. The minimum absolute atomic E-state index is 0.0433. The van der Waals surface area contributed by atoms with Crippen molar-refractivity contribution in [2.24, 2.45) is 0 Å². The first-order valence-corrected chi connectivity index (χ1v) is 6.70. The van der Waals surface area contributed by atoms with Crippen LogP contribution in [0, 0.1) is 0 Å². The van der Waals surface area contributed by atoms with Gasteiger partial charge in [-0.25, -0.2) is 0 Å². The molecule has 19 heavy (non-hydrogen) atoms. The maximum absolute atomic E-state index is 12.3. The summed E-state index contributed by atoms with van der Waals surface area (Å²) in [4.78, 5) is 14.4. The molecule has 0 unspecified atom stereocenters. The molecule has 4 heteroatoms. The molecule has 1 aromatic rings. The molecule has 4 nitrogen and oxygen atoms in total. The summed E-state index contributed by atoms with van der Waals surface area (Å²) in [7, 11) is 2.04. The number of carbonyl (C=O) groups excluding carboxylic acids is 1. The number of nitrogen functional groups attached to an aromatic ring is 1. The van der Waals surface area contributed by atoms with Crippen molar-refractivity contribution in [1.82, 2.24) is 10.2 Å². The number of nitrogens with two attached hydrogens (primary N) is 1. The Kier molecular flexibility index (Phi) is 5.36. The second-order valence-electron chi connectivity index (χ2n) is 5.40. The largest absolute Gasteiger partial charge is 0.399 e. The highest BCUT2D eigenvalue weighted by Crippen LogP contribution is 2.24. The summed E-state index contributed by atoms with van der Waals surface area (Å²) in [6.45, 7) is 8.47. The van der Waals surface area contributed by atoms with Gasteiger partial charge in [0, 0.05) is 18.8 Å². The smallest absolute Gasteiger partial charge is 0.230 e. The number of carbonyl (C=O) groups is 1. The predicted octanol–water partition coefficient (Wildman–Crippen LogP) is 1.61. The lowest BCUT2D eigenvalue weighted by Gasteiger charge is -2.25. The van der Waals surface area contributed by atoms with Crippen LogP contribution in [0.1, 0.15) is 26.3 Å². The SMILES string of the molecule is CCN(C)CCNC(=O)C(C)(C)c1ccc(N)cc1. The Labute approximate surface area is 116 Å². The van der Waals surface area contributed by atoms with E-state index in [9.17, 15) is 4.79 Å². The molecule has 106 valence electrons. The lowest BCUT2D eigenvalue weighted by atomic mass is 9.83. The quantitative estimate of drug-likeness (QED) is 0.767. The highest BCUT2D eigenvalue weighted by molar-refractivity contribution is 5.87. The first-order chi connectivity index (χ1) is 8.87. The summed E-state index contributed by atoms with van der Waals surface area (Å²) < 4.78 is 0. The van der Waals surface area contributed by atoms with E-state index in [1.165, 1.54) is 0 Å². The molecule has 1 amide bonds. The van der Waals surface area contributed by atoms with E-state index in [2.05, 4.69) is 17.1 Å². The summed E-state index contributed by atoms with van der Waals surface area (Å²) in [5.41, 5.74) is 6.81. The molecular formula is C15H25N3O. The molecule has 1 rings (SSSR count). The number of likely N-dealkylation sites (N-methyl/N-ethyl adjacent to an activating group) is 1. The Morgan fingerprint density at radius 2 is 1.89 bits per heavy atom. The monoisotopic (exact) mass is 263 g/mol. The summed E-state index contributed by atoms with van der Waals surface area (Å²) in [6.07, 6.45) is 0. The minimum atomic E-state index is -0.543. The lowest BCUT2D eigenvalue weighted by molar-refractivity contribution is -0.125. The zero-order valence-electron chi connectivity index (χ0n) is 12.4. The summed E-state index contributed by atoms with van der Waals surface area (Å²) in [5.74, 6) is 0.0433. The number of rotatable bonds is 6. The Bertz CT molecular complexity index is 412. The Hall–Kier alpha value is -1.55. The van der Waals surface area contributed by atoms with E-state index in [1.54, 1.807) is 0 Å². The van der Waals surface area contributed by atoms with Gasteiger partial charge < -0.3 is 16.0 Å². The molecule has 0 saturated carbocycles. The molecule has 0 heterocycles. The average Bonchev–Trinajstić information content (AvgIpc) is 2.38. The van der Waals surface area contributed by atoms with E-state index in [4.69, 9.17) is 5.73 Å². The zero-order chi connectivity index (χ0) is 14.5. The molecule has 0 aliphatic rings. The molecule has 0 fully saturated rings. The van der Waals surface area contributed by atoms with E-state index in [0.29, 0.717) is 12.2 Å². The van der Waals surface area contributed by atoms with Crippen molar-refractivity contribution in [3.05, 3.63) is 29.8 Å². The number of hydrogen-bond acceptors (Lipinski definition) is 3. The van der Waals surface area contributed by atoms with Gasteiger partial charge in [0.05, 0.1) is 5.41 Å². The van der Waals surface area contributed by atoms with Gasteiger partial charge in [-0.1, -0.05) is 19.1 Å². The molecule has 0 spiro atoms. The van der Waals surface area contributed by atoms with Crippen LogP contribution in [0.4, 0.5) is 5.69 Å². The van der Waals surface area contributed by atoms with Gasteiger partial charge in [-0.3, -0.25) is 4.79 Å². The third-order valence-corrected chi connectivity index (χ3v) is 3.52. The van der Waals surface area contributed by atoms with Gasteiger partial charge in [0.2, 0.25) is 5.91 Å². The van der Waals surface area contributed by atoms with Crippen molar-refractivity contribution in [2.45, 2.75) is 26.2 Å². The molecule has 0 atom stereocenters. The third kappa shape index (κ3) is 4.24. The molecular weight excluding hydrogens is 238 g/mol. The van der Waals surface area contributed by atoms with Gasteiger partial charge in [-0.05, 0) is 45.1 Å².